The van der Waals surface area contributed by atoms with E-state index in [2.05, 4.69) is 21.9 Å². The van der Waals surface area contributed by atoms with Gasteiger partial charge in [0.15, 0.2) is 0 Å². The standard InChI is InChI=1S/C14H16ClN3/c1-4-5-12-17-13(10(3)14(15)18-12)11-8-16-7-6-9(11)2/h6-8H,4-5H2,1-3H3. The molecule has 0 aliphatic rings. The fourth-order valence-corrected chi connectivity index (χ4v) is 2.03. The summed E-state index contributed by atoms with van der Waals surface area (Å²) in [6, 6.07) is 1.98. The van der Waals surface area contributed by atoms with Crippen molar-refractivity contribution in [2.45, 2.75) is 33.6 Å². The van der Waals surface area contributed by atoms with Crippen LogP contribution in [0.4, 0.5) is 0 Å². The van der Waals surface area contributed by atoms with Gasteiger partial charge in [-0.15, -0.1) is 0 Å². The summed E-state index contributed by atoms with van der Waals surface area (Å²) < 4.78 is 0. The van der Waals surface area contributed by atoms with Crippen LogP contribution in [-0.4, -0.2) is 15.0 Å². The fraction of sp³-hybridized carbons (Fsp3) is 0.357. The van der Waals surface area contributed by atoms with Gasteiger partial charge in [-0.25, -0.2) is 9.97 Å². The predicted molar refractivity (Wildman–Crippen MR) is 73.7 cm³/mol. The molecule has 94 valence electrons. The van der Waals surface area contributed by atoms with Crippen molar-refractivity contribution in [1.29, 1.82) is 0 Å². The van der Waals surface area contributed by atoms with E-state index in [1.54, 1.807) is 6.20 Å². The lowest BCUT2D eigenvalue weighted by atomic mass is 10.1. The maximum atomic E-state index is 6.19. The number of hydrogen-bond acceptors (Lipinski definition) is 3. The first-order valence-corrected chi connectivity index (χ1v) is 6.45. The van der Waals surface area contributed by atoms with E-state index in [0.717, 1.165) is 41.1 Å². The molecule has 0 fully saturated rings. The minimum Gasteiger partial charge on any atom is -0.264 e. The zero-order chi connectivity index (χ0) is 13.1. The van der Waals surface area contributed by atoms with Gasteiger partial charge in [-0.05, 0) is 31.9 Å². The van der Waals surface area contributed by atoms with Crippen LogP contribution in [0.2, 0.25) is 5.15 Å². The fourth-order valence-electron chi connectivity index (χ4n) is 1.84. The maximum absolute atomic E-state index is 6.19. The molecule has 18 heavy (non-hydrogen) atoms. The molecule has 2 aromatic heterocycles. The Kier molecular flexibility index (Phi) is 3.92. The molecule has 0 atom stereocenters. The molecule has 2 aromatic rings. The maximum Gasteiger partial charge on any atom is 0.136 e. The Hall–Kier alpha value is -1.48. The third kappa shape index (κ3) is 2.51. The van der Waals surface area contributed by atoms with Crippen molar-refractivity contribution < 1.29 is 0 Å². The van der Waals surface area contributed by atoms with Crippen LogP contribution in [0.3, 0.4) is 0 Å². The molecule has 2 rings (SSSR count). The SMILES string of the molecule is CCCc1nc(Cl)c(C)c(-c2cnccc2C)n1. The van der Waals surface area contributed by atoms with E-state index < -0.39 is 0 Å². The van der Waals surface area contributed by atoms with Gasteiger partial charge in [-0.2, -0.15) is 0 Å². The van der Waals surface area contributed by atoms with Crippen LogP contribution in [0.1, 0.15) is 30.3 Å². The molecule has 0 spiro atoms. The minimum absolute atomic E-state index is 0.534. The van der Waals surface area contributed by atoms with Crippen molar-refractivity contribution in [3.63, 3.8) is 0 Å². The highest BCUT2D eigenvalue weighted by molar-refractivity contribution is 6.30. The van der Waals surface area contributed by atoms with Gasteiger partial charge in [-0.1, -0.05) is 18.5 Å². The number of nitrogens with zero attached hydrogens (tertiary/aromatic N) is 3. The third-order valence-electron chi connectivity index (χ3n) is 2.90. The van der Waals surface area contributed by atoms with Crippen LogP contribution in [-0.2, 0) is 6.42 Å². The number of aromatic nitrogens is 3. The first-order chi connectivity index (χ1) is 8.63. The second kappa shape index (κ2) is 5.44. The Morgan fingerprint density at radius 2 is 2.00 bits per heavy atom. The summed E-state index contributed by atoms with van der Waals surface area (Å²) >= 11 is 6.19. The van der Waals surface area contributed by atoms with E-state index in [9.17, 15) is 0 Å². The highest BCUT2D eigenvalue weighted by Crippen LogP contribution is 2.27. The van der Waals surface area contributed by atoms with Gasteiger partial charge in [0.05, 0.1) is 5.69 Å². The molecule has 4 heteroatoms. The number of hydrogen-bond donors (Lipinski definition) is 0. The molecule has 0 saturated heterocycles. The Labute approximate surface area is 112 Å². The smallest absolute Gasteiger partial charge is 0.136 e. The van der Waals surface area contributed by atoms with Crippen LogP contribution in [0.25, 0.3) is 11.3 Å². The van der Waals surface area contributed by atoms with E-state index >= 15 is 0 Å². The zero-order valence-electron chi connectivity index (χ0n) is 10.9. The summed E-state index contributed by atoms with van der Waals surface area (Å²) in [6.07, 6.45) is 5.46. The lowest BCUT2D eigenvalue weighted by Crippen LogP contribution is -2.01. The van der Waals surface area contributed by atoms with Gasteiger partial charge in [0.2, 0.25) is 0 Å². The molecule has 0 aliphatic heterocycles. The van der Waals surface area contributed by atoms with Gasteiger partial charge < -0.3 is 0 Å². The summed E-state index contributed by atoms with van der Waals surface area (Å²) in [6.45, 7) is 6.10. The van der Waals surface area contributed by atoms with Crippen LogP contribution in [0.5, 0.6) is 0 Å². The molecule has 0 radical (unpaired) electrons. The molecular formula is C14H16ClN3. The number of rotatable bonds is 3. The largest absolute Gasteiger partial charge is 0.264 e. The zero-order valence-corrected chi connectivity index (χ0v) is 11.6. The molecule has 0 saturated carbocycles. The topological polar surface area (TPSA) is 38.7 Å². The molecule has 0 aromatic carbocycles. The first kappa shape index (κ1) is 13.0. The Bertz CT molecular complexity index is 567. The molecular weight excluding hydrogens is 246 g/mol. The Morgan fingerprint density at radius 3 is 2.67 bits per heavy atom. The van der Waals surface area contributed by atoms with Crippen molar-refractivity contribution in [1.82, 2.24) is 15.0 Å². The van der Waals surface area contributed by atoms with E-state index in [-0.39, 0.29) is 0 Å². The highest BCUT2D eigenvalue weighted by Gasteiger charge is 2.12. The number of halogens is 1. The normalized spacial score (nSPS) is 10.7. The second-order valence-electron chi connectivity index (χ2n) is 4.34. The lowest BCUT2D eigenvalue weighted by molar-refractivity contribution is 0.832. The summed E-state index contributed by atoms with van der Waals surface area (Å²) in [5.74, 6) is 0.798. The summed E-state index contributed by atoms with van der Waals surface area (Å²) in [5, 5.41) is 0.534. The van der Waals surface area contributed by atoms with Crippen molar-refractivity contribution in [3.8, 4) is 11.3 Å². The van der Waals surface area contributed by atoms with E-state index in [0.29, 0.717) is 5.15 Å². The van der Waals surface area contributed by atoms with Crippen LogP contribution in [0.15, 0.2) is 18.5 Å². The molecule has 0 bridgehead atoms. The third-order valence-corrected chi connectivity index (χ3v) is 3.27. The van der Waals surface area contributed by atoms with E-state index in [1.807, 2.05) is 26.1 Å². The molecule has 2 heterocycles. The summed E-state index contributed by atoms with van der Waals surface area (Å²) in [5.41, 5.74) is 3.97. The van der Waals surface area contributed by atoms with Crippen molar-refractivity contribution in [2.75, 3.05) is 0 Å². The van der Waals surface area contributed by atoms with Gasteiger partial charge >= 0.3 is 0 Å². The number of pyridine rings is 1. The summed E-state index contributed by atoms with van der Waals surface area (Å²) in [4.78, 5) is 13.1. The Balaban J connectivity index is 2.59. The van der Waals surface area contributed by atoms with Gasteiger partial charge in [-0.3, -0.25) is 4.98 Å². The number of aryl methyl sites for hydroxylation is 2. The monoisotopic (exact) mass is 261 g/mol. The molecule has 0 N–H and O–H groups in total. The van der Waals surface area contributed by atoms with Crippen molar-refractivity contribution >= 4 is 11.6 Å². The first-order valence-electron chi connectivity index (χ1n) is 6.07. The quantitative estimate of drug-likeness (QED) is 0.790. The molecule has 0 aliphatic carbocycles. The van der Waals surface area contributed by atoms with Crippen LogP contribution >= 0.6 is 11.6 Å². The molecule has 0 unspecified atom stereocenters. The van der Waals surface area contributed by atoms with Crippen molar-refractivity contribution in [3.05, 3.63) is 40.6 Å². The highest BCUT2D eigenvalue weighted by atomic mass is 35.5. The molecule has 3 nitrogen and oxygen atoms in total. The summed E-state index contributed by atoms with van der Waals surface area (Å²) in [7, 11) is 0. The molecule has 0 amide bonds. The van der Waals surface area contributed by atoms with Crippen molar-refractivity contribution in [2.24, 2.45) is 0 Å². The van der Waals surface area contributed by atoms with Gasteiger partial charge in [0, 0.05) is 29.9 Å². The predicted octanol–water partition coefficient (Wildman–Crippen LogP) is 3.76. The Morgan fingerprint density at radius 1 is 1.22 bits per heavy atom. The van der Waals surface area contributed by atoms with E-state index in [4.69, 9.17) is 11.6 Å². The van der Waals surface area contributed by atoms with Crippen LogP contribution < -0.4 is 0 Å². The lowest BCUT2D eigenvalue weighted by Gasteiger charge is -2.10. The minimum atomic E-state index is 0.534. The van der Waals surface area contributed by atoms with Gasteiger partial charge in [0.25, 0.3) is 0 Å². The average Bonchev–Trinajstić information content (AvgIpc) is 2.35. The van der Waals surface area contributed by atoms with Gasteiger partial charge in [0.1, 0.15) is 11.0 Å². The second-order valence-corrected chi connectivity index (χ2v) is 4.70. The van der Waals surface area contributed by atoms with E-state index in [1.165, 1.54) is 0 Å². The average molecular weight is 262 g/mol. The van der Waals surface area contributed by atoms with Crippen LogP contribution in [0, 0.1) is 13.8 Å².